The lowest BCUT2D eigenvalue weighted by Crippen LogP contribution is -2.46. The molecule has 0 radical (unpaired) electrons. The molecule has 0 aromatic heterocycles. The monoisotopic (exact) mass is 532 g/mol. The molecule has 2 aliphatic heterocycles. The van der Waals surface area contributed by atoms with Crippen LogP contribution in [0.2, 0.25) is 0 Å². The van der Waals surface area contributed by atoms with Gasteiger partial charge in [-0.2, -0.15) is 0 Å². The van der Waals surface area contributed by atoms with Gasteiger partial charge in [-0.1, -0.05) is 68.2 Å². The highest BCUT2D eigenvalue weighted by Crippen LogP contribution is 2.57. The first-order valence-corrected chi connectivity index (χ1v) is 16.0. The van der Waals surface area contributed by atoms with Crippen molar-refractivity contribution in [2.45, 2.75) is 106 Å². The highest BCUT2D eigenvalue weighted by Gasteiger charge is 2.47. The van der Waals surface area contributed by atoms with Gasteiger partial charge in [0, 0.05) is 0 Å². The van der Waals surface area contributed by atoms with Crippen LogP contribution in [0.15, 0.2) is 0 Å². The van der Waals surface area contributed by atoms with Crippen molar-refractivity contribution in [1.82, 2.24) is 0 Å². The smallest absolute Gasteiger partial charge is 0.311 e. The summed E-state index contributed by atoms with van der Waals surface area (Å²) in [6.07, 6.45) is 7.55. The fourth-order valence-corrected chi connectivity index (χ4v) is 9.12. The van der Waals surface area contributed by atoms with Crippen LogP contribution < -0.4 is 0 Å². The summed E-state index contributed by atoms with van der Waals surface area (Å²) in [5, 5.41) is 0. The van der Waals surface area contributed by atoms with Crippen LogP contribution in [-0.2, 0) is 27.1 Å². The van der Waals surface area contributed by atoms with Gasteiger partial charge in [0.15, 0.2) is 0 Å². The minimum absolute atomic E-state index is 0.202. The molecule has 8 heteroatoms. The molecular weight excluding hydrogens is 482 g/mol. The van der Waals surface area contributed by atoms with Crippen LogP contribution in [0.3, 0.4) is 0 Å². The van der Waals surface area contributed by atoms with Gasteiger partial charge in [0.2, 0.25) is 0 Å². The quantitative estimate of drug-likeness (QED) is 0.340. The zero-order chi connectivity index (χ0) is 25.4. The maximum atomic E-state index is 6.47. The average Bonchev–Trinajstić information content (AvgIpc) is 2.76. The second-order valence-electron chi connectivity index (χ2n) is 14.1. The molecule has 6 atom stereocenters. The van der Waals surface area contributed by atoms with Crippen LogP contribution in [0.4, 0.5) is 0 Å². The Bertz CT molecular complexity index is 615. The van der Waals surface area contributed by atoms with Gasteiger partial charge >= 0.3 is 17.2 Å². The van der Waals surface area contributed by atoms with Gasteiger partial charge in [0.05, 0.1) is 44.1 Å². The van der Waals surface area contributed by atoms with E-state index in [2.05, 4.69) is 55.4 Å². The van der Waals surface area contributed by atoms with Gasteiger partial charge < -0.3 is 27.1 Å². The van der Waals surface area contributed by atoms with Crippen molar-refractivity contribution in [3.05, 3.63) is 0 Å². The van der Waals surface area contributed by atoms with Crippen molar-refractivity contribution in [3.63, 3.8) is 0 Å². The molecule has 6 nitrogen and oxygen atoms in total. The molecular formula is C27H50O6P2. The molecule has 2 aliphatic carbocycles. The number of hydrogen-bond acceptors (Lipinski definition) is 6. The van der Waals surface area contributed by atoms with Gasteiger partial charge in [-0.3, -0.25) is 0 Å². The standard InChI is InChI=1S/C27H50O6P2/c1-19-9-11-21(25(3,4)5)23(13-19)32-34-28-15-27(16-29-34)17-30-35(31-18-27)33-24-14-20(2)10-12-22(24)26(6,7)8/h19-24H,9-18H2,1-8H3. The Morgan fingerprint density at radius 2 is 0.943 bits per heavy atom. The highest BCUT2D eigenvalue weighted by molar-refractivity contribution is 7.42. The number of rotatable bonds is 4. The molecule has 2 heterocycles. The third-order valence-corrected chi connectivity index (χ3v) is 10.9. The second-order valence-corrected chi connectivity index (χ2v) is 16.5. The summed E-state index contributed by atoms with van der Waals surface area (Å²) in [7, 11) is -2.65. The molecule has 2 saturated heterocycles. The lowest BCUT2D eigenvalue weighted by molar-refractivity contribution is -0.0952. The Labute approximate surface area is 216 Å². The van der Waals surface area contributed by atoms with E-state index in [1.54, 1.807) is 0 Å². The first kappa shape index (κ1) is 28.6. The van der Waals surface area contributed by atoms with Crippen LogP contribution in [-0.4, -0.2) is 38.6 Å². The zero-order valence-corrected chi connectivity index (χ0v) is 25.2. The molecule has 4 rings (SSSR count). The Hall–Kier alpha value is 0.620. The SMILES string of the molecule is CC1CCC(C(C)(C)C)C(OP2OCC3(CO2)COP(OC2CC(C)CCC2C(C)(C)C)OC3)C1. The van der Waals surface area contributed by atoms with Gasteiger partial charge in [-0.05, 0) is 60.2 Å². The van der Waals surface area contributed by atoms with E-state index < -0.39 is 17.2 Å². The van der Waals surface area contributed by atoms with E-state index in [1.807, 2.05) is 0 Å². The van der Waals surface area contributed by atoms with Crippen LogP contribution in [0.25, 0.3) is 0 Å². The molecule has 4 aliphatic rings. The molecule has 0 aromatic carbocycles. The lowest BCUT2D eigenvalue weighted by Gasteiger charge is -2.46. The van der Waals surface area contributed by atoms with E-state index in [-0.39, 0.29) is 28.5 Å². The normalized spacial score (nSPS) is 43.9. The molecule has 2 saturated carbocycles. The second kappa shape index (κ2) is 11.4. The van der Waals surface area contributed by atoms with E-state index >= 15 is 0 Å². The van der Waals surface area contributed by atoms with Gasteiger partial charge in [0.25, 0.3) is 0 Å². The topological polar surface area (TPSA) is 55.4 Å². The summed E-state index contributed by atoms with van der Waals surface area (Å²) in [4.78, 5) is 0. The summed E-state index contributed by atoms with van der Waals surface area (Å²) < 4.78 is 37.6. The van der Waals surface area contributed by atoms with Crippen molar-refractivity contribution < 1.29 is 27.1 Å². The highest BCUT2D eigenvalue weighted by atomic mass is 31.2. The molecule has 4 fully saturated rings. The Morgan fingerprint density at radius 1 is 0.600 bits per heavy atom. The van der Waals surface area contributed by atoms with Crippen molar-refractivity contribution in [2.75, 3.05) is 26.4 Å². The van der Waals surface area contributed by atoms with Crippen LogP contribution in [0, 0.1) is 39.9 Å². The third kappa shape index (κ3) is 7.39. The lowest BCUT2D eigenvalue weighted by atomic mass is 9.68. The predicted molar refractivity (Wildman–Crippen MR) is 142 cm³/mol. The van der Waals surface area contributed by atoms with Crippen molar-refractivity contribution in [3.8, 4) is 0 Å². The largest absolute Gasteiger partial charge is 0.332 e. The minimum atomic E-state index is -1.32. The van der Waals surface area contributed by atoms with E-state index in [0.717, 1.165) is 12.8 Å². The molecule has 35 heavy (non-hydrogen) atoms. The first-order chi connectivity index (χ1) is 16.3. The first-order valence-electron chi connectivity index (χ1n) is 13.8. The average molecular weight is 533 g/mol. The molecule has 0 N–H and O–H groups in total. The fourth-order valence-electron chi connectivity index (χ4n) is 6.30. The molecule has 0 amide bonds. The number of hydrogen-bond donors (Lipinski definition) is 0. The fraction of sp³-hybridized carbons (Fsp3) is 1.00. The van der Waals surface area contributed by atoms with Gasteiger partial charge in [0.1, 0.15) is 0 Å². The molecule has 0 aromatic rings. The summed E-state index contributed by atoms with van der Waals surface area (Å²) in [6.45, 7) is 20.8. The van der Waals surface area contributed by atoms with Crippen molar-refractivity contribution >= 4 is 17.2 Å². The summed E-state index contributed by atoms with van der Waals surface area (Å²) >= 11 is 0. The maximum absolute atomic E-state index is 6.47. The third-order valence-electron chi connectivity index (χ3n) is 8.68. The van der Waals surface area contributed by atoms with E-state index in [4.69, 9.17) is 27.1 Å². The Morgan fingerprint density at radius 3 is 1.26 bits per heavy atom. The van der Waals surface area contributed by atoms with Crippen LogP contribution >= 0.6 is 17.2 Å². The molecule has 6 unspecified atom stereocenters. The van der Waals surface area contributed by atoms with E-state index in [0.29, 0.717) is 50.1 Å². The maximum Gasteiger partial charge on any atom is 0.332 e. The van der Waals surface area contributed by atoms with Gasteiger partial charge in [-0.15, -0.1) is 0 Å². The Balaban J connectivity index is 1.25. The summed E-state index contributed by atoms with van der Waals surface area (Å²) in [6, 6.07) is 0. The zero-order valence-electron chi connectivity index (χ0n) is 23.4. The van der Waals surface area contributed by atoms with E-state index in [1.165, 1.54) is 25.7 Å². The van der Waals surface area contributed by atoms with Crippen LogP contribution in [0.5, 0.6) is 0 Å². The molecule has 1 spiro atoms. The minimum Gasteiger partial charge on any atom is -0.311 e. The van der Waals surface area contributed by atoms with Crippen LogP contribution in [0.1, 0.15) is 93.9 Å². The predicted octanol–water partition coefficient (Wildman–Crippen LogP) is 8.26. The van der Waals surface area contributed by atoms with Gasteiger partial charge in [-0.25, -0.2) is 0 Å². The summed E-state index contributed by atoms with van der Waals surface area (Å²) in [5.41, 5.74) is 0.181. The Kier molecular flexibility index (Phi) is 9.31. The molecule has 204 valence electrons. The van der Waals surface area contributed by atoms with Crippen molar-refractivity contribution in [2.24, 2.45) is 39.9 Å². The molecule has 0 bridgehead atoms. The van der Waals surface area contributed by atoms with E-state index in [9.17, 15) is 0 Å². The summed E-state index contributed by atoms with van der Waals surface area (Å²) in [5.74, 6) is 2.44. The van der Waals surface area contributed by atoms with Crippen molar-refractivity contribution in [1.29, 1.82) is 0 Å².